The van der Waals surface area contributed by atoms with Gasteiger partial charge in [-0.15, -0.1) is 0 Å². The first-order chi connectivity index (χ1) is 14.4. The van der Waals surface area contributed by atoms with E-state index in [0.29, 0.717) is 30.7 Å². The number of aryl methyl sites for hydroxylation is 1. The van der Waals surface area contributed by atoms with Gasteiger partial charge in [0.25, 0.3) is 5.91 Å². The molecule has 0 unspecified atom stereocenters. The number of hydrogen-bond donors (Lipinski definition) is 1. The lowest BCUT2D eigenvalue weighted by Crippen LogP contribution is -2.52. The van der Waals surface area contributed by atoms with Crippen molar-refractivity contribution in [3.05, 3.63) is 57.4 Å². The zero-order chi connectivity index (χ0) is 20.9. The Bertz CT molecular complexity index is 944. The number of nitro groups is 1. The summed E-state index contributed by atoms with van der Waals surface area (Å²) < 4.78 is 1.80. The topological polar surface area (TPSA) is 90.1 Å². The fourth-order valence-corrected chi connectivity index (χ4v) is 6.41. The lowest BCUT2D eigenvalue weighted by atomic mass is 9.53. The highest BCUT2D eigenvalue weighted by Crippen LogP contribution is 2.58. The standard InChI is InChI=1S/C23H28N4O3/c1-15-2-4-16(5-3-15)6-7-24-22(28)21-20(27(29)30)14-26(25-21)23-11-17-8-18(12-23)10-19(9-17)13-23/h2-5,14,17-19H,6-13H2,1H3,(H,24,28). The summed E-state index contributed by atoms with van der Waals surface area (Å²) in [5, 5.41) is 19.0. The summed E-state index contributed by atoms with van der Waals surface area (Å²) in [4.78, 5) is 24.0. The first kappa shape index (κ1) is 19.3. The Labute approximate surface area is 176 Å². The average Bonchev–Trinajstić information content (AvgIpc) is 3.15. The van der Waals surface area contributed by atoms with E-state index in [1.807, 2.05) is 31.2 Å². The van der Waals surface area contributed by atoms with Gasteiger partial charge in [-0.25, -0.2) is 0 Å². The summed E-state index contributed by atoms with van der Waals surface area (Å²) in [6.07, 6.45) is 9.15. The van der Waals surface area contributed by atoms with Crippen molar-refractivity contribution < 1.29 is 9.72 Å². The number of carbonyl (C=O) groups is 1. The molecule has 30 heavy (non-hydrogen) atoms. The van der Waals surface area contributed by atoms with Crippen LogP contribution in [0.3, 0.4) is 0 Å². The summed E-state index contributed by atoms with van der Waals surface area (Å²) >= 11 is 0. The summed E-state index contributed by atoms with van der Waals surface area (Å²) in [5.74, 6) is 1.64. The Hall–Kier alpha value is -2.70. The van der Waals surface area contributed by atoms with Gasteiger partial charge in [0.05, 0.1) is 10.5 Å². The maximum absolute atomic E-state index is 12.8. The van der Waals surface area contributed by atoms with Crippen LogP contribution in [0.15, 0.2) is 30.5 Å². The zero-order valence-electron chi connectivity index (χ0n) is 17.3. The van der Waals surface area contributed by atoms with Crippen LogP contribution in [0.25, 0.3) is 0 Å². The molecule has 6 rings (SSSR count). The minimum absolute atomic E-state index is 0.0559. The van der Waals surface area contributed by atoms with Crippen LogP contribution < -0.4 is 5.32 Å². The fraction of sp³-hybridized carbons (Fsp3) is 0.565. The number of benzene rings is 1. The number of amides is 1. The van der Waals surface area contributed by atoms with Gasteiger partial charge >= 0.3 is 5.69 Å². The molecule has 7 heteroatoms. The molecule has 1 aromatic carbocycles. The van der Waals surface area contributed by atoms with E-state index in [1.165, 1.54) is 31.0 Å². The Morgan fingerprint density at radius 3 is 2.33 bits per heavy atom. The van der Waals surface area contributed by atoms with Gasteiger partial charge in [-0.2, -0.15) is 5.10 Å². The Morgan fingerprint density at radius 2 is 1.77 bits per heavy atom. The quantitative estimate of drug-likeness (QED) is 0.578. The maximum atomic E-state index is 12.8. The summed E-state index contributed by atoms with van der Waals surface area (Å²) in [6.45, 7) is 2.45. The van der Waals surface area contributed by atoms with Crippen LogP contribution in [0.1, 0.15) is 60.1 Å². The third-order valence-electron chi connectivity index (χ3n) is 7.42. The van der Waals surface area contributed by atoms with Crippen LogP contribution in [0.4, 0.5) is 5.69 Å². The molecule has 1 aromatic heterocycles. The summed E-state index contributed by atoms with van der Waals surface area (Å²) in [6, 6.07) is 8.14. The third-order valence-corrected chi connectivity index (χ3v) is 7.42. The van der Waals surface area contributed by atoms with Crippen LogP contribution in [-0.2, 0) is 12.0 Å². The highest BCUT2D eigenvalue weighted by molar-refractivity contribution is 5.96. The van der Waals surface area contributed by atoms with E-state index in [-0.39, 0.29) is 16.9 Å². The van der Waals surface area contributed by atoms with Crippen molar-refractivity contribution >= 4 is 11.6 Å². The molecule has 0 aliphatic heterocycles. The van der Waals surface area contributed by atoms with Crippen LogP contribution >= 0.6 is 0 Å². The van der Waals surface area contributed by atoms with Crippen molar-refractivity contribution in [2.45, 2.75) is 57.4 Å². The molecule has 4 aliphatic rings. The van der Waals surface area contributed by atoms with Gasteiger partial charge in [0.15, 0.2) is 0 Å². The Morgan fingerprint density at radius 1 is 1.17 bits per heavy atom. The molecule has 0 radical (unpaired) electrons. The number of aromatic nitrogens is 2. The predicted octanol–water partition coefficient (Wildman–Crippen LogP) is 4.00. The highest BCUT2D eigenvalue weighted by atomic mass is 16.6. The maximum Gasteiger partial charge on any atom is 0.320 e. The minimum atomic E-state index is -0.473. The van der Waals surface area contributed by atoms with E-state index in [4.69, 9.17) is 0 Å². The molecule has 4 saturated carbocycles. The van der Waals surface area contributed by atoms with Crippen LogP contribution in [-0.4, -0.2) is 27.2 Å². The minimum Gasteiger partial charge on any atom is -0.350 e. The van der Waals surface area contributed by atoms with E-state index in [2.05, 4.69) is 10.4 Å². The van der Waals surface area contributed by atoms with Crippen molar-refractivity contribution in [3.63, 3.8) is 0 Å². The van der Waals surface area contributed by atoms with Crippen molar-refractivity contribution in [2.24, 2.45) is 17.8 Å². The second kappa shape index (κ2) is 7.22. The van der Waals surface area contributed by atoms with Crippen molar-refractivity contribution in [1.82, 2.24) is 15.1 Å². The lowest BCUT2D eigenvalue weighted by molar-refractivity contribution is -0.385. The zero-order valence-corrected chi connectivity index (χ0v) is 17.3. The summed E-state index contributed by atoms with van der Waals surface area (Å²) in [7, 11) is 0. The number of nitrogens with one attached hydrogen (secondary N) is 1. The molecule has 7 nitrogen and oxygen atoms in total. The molecular formula is C23H28N4O3. The van der Waals surface area contributed by atoms with E-state index in [1.54, 1.807) is 4.68 Å². The predicted molar refractivity (Wildman–Crippen MR) is 112 cm³/mol. The van der Waals surface area contributed by atoms with Crippen molar-refractivity contribution in [3.8, 4) is 0 Å². The second-order valence-corrected chi connectivity index (χ2v) is 9.70. The highest BCUT2D eigenvalue weighted by Gasteiger charge is 2.53. The van der Waals surface area contributed by atoms with Gasteiger partial charge in [0, 0.05) is 6.54 Å². The molecule has 4 bridgehead atoms. The molecule has 0 atom stereocenters. The normalized spacial score (nSPS) is 29.2. The molecule has 1 heterocycles. The Balaban J connectivity index is 1.33. The van der Waals surface area contributed by atoms with E-state index in [0.717, 1.165) is 24.8 Å². The average molecular weight is 409 g/mol. The number of hydrogen-bond acceptors (Lipinski definition) is 4. The summed E-state index contributed by atoms with van der Waals surface area (Å²) in [5.41, 5.74) is 1.93. The molecule has 2 aromatic rings. The van der Waals surface area contributed by atoms with Gasteiger partial charge in [0.1, 0.15) is 6.20 Å². The third kappa shape index (κ3) is 3.40. The molecule has 0 saturated heterocycles. The fourth-order valence-electron chi connectivity index (χ4n) is 6.41. The van der Waals surface area contributed by atoms with E-state index >= 15 is 0 Å². The van der Waals surface area contributed by atoms with Gasteiger partial charge in [-0.05, 0) is 75.2 Å². The molecule has 4 aliphatic carbocycles. The number of rotatable bonds is 6. The molecule has 1 amide bonds. The second-order valence-electron chi connectivity index (χ2n) is 9.70. The molecule has 1 N–H and O–H groups in total. The largest absolute Gasteiger partial charge is 0.350 e. The SMILES string of the molecule is Cc1ccc(CCNC(=O)c2nn(C34CC5CC(CC(C5)C3)C4)cc2[N+](=O)[O-])cc1. The van der Waals surface area contributed by atoms with Gasteiger partial charge in [-0.1, -0.05) is 29.8 Å². The van der Waals surface area contributed by atoms with Crippen LogP contribution in [0.2, 0.25) is 0 Å². The lowest BCUT2D eigenvalue weighted by Gasteiger charge is -2.56. The first-order valence-electron chi connectivity index (χ1n) is 11.0. The smallest absolute Gasteiger partial charge is 0.320 e. The van der Waals surface area contributed by atoms with Crippen LogP contribution in [0.5, 0.6) is 0 Å². The molecule has 0 spiro atoms. The van der Waals surface area contributed by atoms with Gasteiger partial charge < -0.3 is 5.32 Å². The molecule has 4 fully saturated rings. The number of nitrogens with zero attached hydrogens (tertiary/aromatic N) is 3. The van der Waals surface area contributed by atoms with Gasteiger partial charge in [-0.3, -0.25) is 19.6 Å². The van der Waals surface area contributed by atoms with E-state index in [9.17, 15) is 14.9 Å². The van der Waals surface area contributed by atoms with Gasteiger partial charge in [0.2, 0.25) is 5.69 Å². The molecular weight excluding hydrogens is 380 g/mol. The number of carbonyl (C=O) groups excluding carboxylic acids is 1. The monoisotopic (exact) mass is 408 g/mol. The van der Waals surface area contributed by atoms with Crippen LogP contribution in [0, 0.1) is 34.8 Å². The van der Waals surface area contributed by atoms with E-state index < -0.39 is 10.8 Å². The molecule has 158 valence electrons. The Kier molecular flexibility index (Phi) is 4.64. The van der Waals surface area contributed by atoms with Crippen molar-refractivity contribution in [1.29, 1.82) is 0 Å². The first-order valence-corrected chi connectivity index (χ1v) is 11.0. The van der Waals surface area contributed by atoms with Crippen molar-refractivity contribution in [2.75, 3.05) is 6.54 Å².